The van der Waals surface area contributed by atoms with Crippen molar-refractivity contribution in [2.24, 2.45) is 0 Å². The van der Waals surface area contributed by atoms with Gasteiger partial charge in [-0.15, -0.1) is 0 Å². The van der Waals surface area contributed by atoms with Crippen LogP contribution in [0.2, 0.25) is 0 Å². The van der Waals surface area contributed by atoms with Crippen molar-refractivity contribution in [2.75, 3.05) is 5.32 Å². The number of aromatic nitrogens is 2. The van der Waals surface area contributed by atoms with Crippen LogP contribution in [0.1, 0.15) is 19.7 Å². The summed E-state index contributed by atoms with van der Waals surface area (Å²) >= 11 is 0. The van der Waals surface area contributed by atoms with Crippen molar-refractivity contribution in [1.82, 2.24) is 9.97 Å². The summed E-state index contributed by atoms with van der Waals surface area (Å²) < 4.78 is 5.58. The van der Waals surface area contributed by atoms with Crippen molar-refractivity contribution in [3.05, 3.63) is 42.5 Å². The minimum Gasteiger partial charge on any atom is -0.491 e. The molecule has 0 aliphatic carbocycles. The molecule has 0 saturated heterocycles. The molecule has 0 aliphatic heterocycles. The molecule has 0 unspecified atom stereocenters. The number of nitrogens with one attached hydrogen (secondary N) is 1. The topological polar surface area (TPSA) is 47.0 Å². The second-order valence-electron chi connectivity index (χ2n) is 4.33. The lowest BCUT2D eigenvalue weighted by molar-refractivity contribution is 0.242. The summed E-state index contributed by atoms with van der Waals surface area (Å²) in [5.74, 6) is 1.64. The monoisotopic (exact) mass is 243 g/mol. The molecule has 0 saturated carbocycles. The standard InChI is InChI=1S/C14H17N3O/c1-10(2)18-14-6-4-12(5-7-14)17-13-8-15-11(3)16-9-13/h4-10,17H,1-3H3. The second-order valence-corrected chi connectivity index (χ2v) is 4.33. The van der Waals surface area contributed by atoms with E-state index in [1.165, 1.54) is 0 Å². The lowest BCUT2D eigenvalue weighted by Gasteiger charge is -2.10. The van der Waals surface area contributed by atoms with Crippen molar-refractivity contribution in [3.8, 4) is 5.75 Å². The van der Waals surface area contributed by atoms with Gasteiger partial charge in [0.1, 0.15) is 11.6 Å². The highest BCUT2D eigenvalue weighted by Crippen LogP contribution is 2.19. The van der Waals surface area contributed by atoms with E-state index in [2.05, 4.69) is 15.3 Å². The Morgan fingerprint density at radius 3 is 2.17 bits per heavy atom. The summed E-state index contributed by atoms with van der Waals surface area (Å²) in [4.78, 5) is 8.27. The maximum absolute atomic E-state index is 5.58. The fourth-order valence-corrected chi connectivity index (χ4v) is 1.51. The van der Waals surface area contributed by atoms with E-state index < -0.39 is 0 Å². The molecule has 4 heteroatoms. The predicted octanol–water partition coefficient (Wildman–Crippen LogP) is 3.32. The van der Waals surface area contributed by atoms with E-state index in [4.69, 9.17) is 4.74 Å². The first kappa shape index (κ1) is 12.4. The molecule has 94 valence electrons. The van der Waals surface area contributed by atoms with Crippen LogP contribution < -0.4 is 10.1 Å². The number of nitrogens with zero attached hydrogens (tertiary/aromatic N) is 2. The molecule has 2 aromatic rings. The number of ether oxygens (including phenoxy) is 1. The lowest BCUT2D eigenvalue weighted by atomic mass is 10.3. The molecule has 18 heavy (non-hydrogen) atoms. The van der Waals surface area contributed by atoms with Gasteiger partial charge in [-0.3, -0.25) is 0 Å². The molecule has 0 radical (unpaired) electrons. The van der Waals surface area contributed by atoms with Gasteiger partial charge in [0.2, 0.25) is 0 Å². The molecule has 0 fully saturated rings. The van der Waals surface area contributed by atoms with E-state index >= 15 is 0 Å². The van der Waals surface area contributed by atoms with Crippen molar-refractivity contribution < 1.29 is 4.74 Å². The van der Waals surface area contributed by atoms with Crippen molar-refractivity contribution in [3.63, 3.8) is 0 Å². The second kappa shape index (κ2) is 5.49. The third-order valence-corrected chi connectivity index (χ3v) is 2.30. The van der Waals surface area contributed by atoms with Gasteiger partial charge in [0.05, 0.1) is 24.2 Å². The lowest BCUT2D eigenvalue weighted by Crippen LogP contribution is -2.05. The number of benzene rings is 1. The zero-order chi connectivity index (χ0) is 13.0. The maximum Gasteiger partial charge on any atom is 0.125 e. The summed E-state index contributed by atoms with van der Waals surface area (Å²) in [6, 6.07) is 7.82. The van der Waals surface area contributed by atoms with Crippen LogP contribution in [0.15, 0.2) is 36.7 Å². The molecule has 0 aliphatic rings. The molecule has 1 heterocycles. The molecular formula is C14H17N3O. The Labute approximate surface area is 107 Å². The SMILES string of the molecule is Cc1ncc(Nc2ccc(OC(C)C)cc2)cn1. The quantitative estimate of drug-likeness (QED) is 0.894. The average molecular weight is 243 g/mol. The number of anilines is 2. The molecule has 1 aromatic heterocycles. The zero-order valence-corrected chi connectivity index (χ0v) is 10.8. The first-order valence-corrected chi connectivity index (χ1v) is 5.96. The van der Waals surface area contributed by atoms with Crippen molar-refractivity contribution in [2.45, 2.75) is 26.9 Å². The highest BCUT2D eigenvalue weighted by molar-refractivity contribution is 5.58. The molecule has 0 spiro atoms. The Morgan fingerprint density at radius 1 is 1.00 bits per heavy atom. The van der Waals surface area contributed by atoms with Crippen LogP contribution >= 0.6 is 0 Å². The van der Waals surface area contributed by atoms with E-state index in [1.54, 1.807) is 12.4 Å². The van der Waals surface area contributed by atoms with Crippen LogP contribution in [0.5, 0.6) is 5.75 Å². The number of rotatable bonds is 4. The summed E-state index contributed by atoms with van der Waals surface area (Å²) in [6.07, 6.45) is 3.72. The molecule has 1 N–H and O–H groups in total. The number of hydrogen-bond acceptors (Lipinski definition) is 4. The van der Waals surface area contributed by atoms with Crippen LogP contribution in [-0.4, -0.2) is 16.1 Å². The highest BCUT2D eigenvalue weighted by Gasteiger charge is 1.99. The fraction of sp³-hybridized carbons (Fsp3) is 0.286. The highest BCUT2D eigenvalue weighted by atomic mass is 16.5. The van der Waals surface area contributed by atoms with Crippen molar-refractivity contribution in [1.29, 1.82) is 0 Å². The Bertz CT molecular complexity index is 491. The van der Waals surface area contributed by atoms with Gasteiger partial charge in [0, 0.05) is 5.69 Å². The van der Waals surface area contributed by atoms with Gasteiger partial charge in [-0.2, -0.15) is 0 Å². The van der Waals surface area contributed by atoms with Gasteiger partial charge in [0.15, 0.2) is 0 Å². The molecule has 0 bridgehead atoms. The third-order valence-electron chi connectivity index (χ3n) is 2.30. The average Bonchev–Trinajstić information content (AvgIpc) is 2.34. The minimum absolute atomic E-state index is 0.189. The maximum atomic E-state index is 5.58. The smallest absolute Gasteiger partial charge is 0.125 e. The van der Waals surface area contributed by atoms with Crippen LogP contribution in [0.4, 0.5) is 11.4 Å². The van der Waals surface area contributed by atoms with E-state index in [9.17, 15) is 0 Å². The zero-order valence-electron chi connectivity index (χ0n) is 10.8. The number of hydrogen-bond donors (Lipinski definition) is 1. The molecule has 0 amide bonds. The molecular weight excluding hydrogens is 226 g/mol. The van der Waals surface area contributed by atoms with Gasteiger partial charge in [0.25, 0.3) is 0 Å². The minimum atomic E-state index is 0.189. The summed E-state index contributed by atoms with van der Waals surface area (Å²) in [7, 11) is 0. The van der Waals surface area contributed by atoms with E-state index in [1.807, 2.05) is 45.0 Å². The van der Waals surface area contributed by atoms with E-state index in [0.717, 1.165) is 22.9 Å². The third kappa shape index (κ3) is 3.45. The van der Waals surface area contributed by atoms with Crippen LogP contribution in [0, 0.1) is 6.92 Å². The van der Waals surface area contributed by atoms with Gasteiger partial charge in [-0.1, -0.05) is 0 Å². The van der Waals surface area contributed by atoms with E-state index in [0.29, 0.717) is 0 Å². The molecule has 2 rings (SSSR count). The normalized spacial score (nSPS) is 10.4. The number of aryl methyl sites for hydroxylation is 1. The Hall–Kier alpha value is -2.10. The van der Waals surface area contributed by atoms with Gasteiger partial charge < -0.3 is 10.1 Å². The Balaban J connectivity index is 2.04. The van der Waals surface area contributed by atoms with Crippen LogP contribution in [-0.2, 0) is 0 Å². The molecule has 1 aromatic carbocycles. The predicted molar refractivity (Wildman–Crippen MR) is 72.3 cm³/mol. The van der Waals surface area contributed by atoms with Gasteiger partial charge in [-0.25, -0.2) is 9.97 Å². The summed E-state index contributed by atoms with van der Waals surface area (Å²) in [5.41, 5.74) is 1.86. The fourth-order valence-electron chi connectivity index (χ4n) is 1.51. The van der Waals surface area contributed by atoms with Gasteiger partial charge >= 0.3 is 0 Å². The summed E-state index contributed by atoms with van der Waals surface area (Å²) in [5, 5.41) is 3.23. The van der Waals surface area contributed by atoms with Crippen LogP contribution in [0.25, 0.3) is 0 Å². The van der Waals surface area contributed by atoms with Crippen molar-refractivity contribution >= 4 is 11.4 Å². The van der Waals surface area contributed by atoms with E-state index in [-0.39, 0.29) is 6.10 Å². The largest absolute Gasteiger partial charge is 0.491 e. The van der Waals surface area contributed by atoms with Gasteiger partial charge in [-0.05, 0) is 45.0 Å². The Kier molecular flexibility index (Phi) is 3.77. The van der Waals surface area contributed by atoms with Crippen LogP contribution in [0.3, 0.4) is 0 Å². The first-order chi connectivity index (χ1) is 8.63. The molecule has 4 nitrogen and oxygen atoms in total. The Morgan fingerprint density at radius 2 is 1.61 bits per heavy atom. The molecule has 0 atom stereocenters. The summed E-state index contributed by atoms with van der Waals surface area (Å²) in [6.45, 7) is 5.88. The first-order valence-electron chi connectivity index (χ1n) is 5.96.